The lowest BCUT2D eigenvalue weighted by molar-refractivity contribution is -0.275. The van der Waals surface area contributed by atoms with Crippen LogP contribution >= 0.6 is 0 Å². The van der Waals surface area contributed by atoms with E-state index in [1.807, 2.05) is 0 Å². The van der Waals surface area contributed by atoms with Crippen molar-refractivity contribution in [1.82, 2.24) is 0 Å². The first kappa shape index (κ1) is 11.6. The lowest BCUT2D eigenvalue weighted by Gasteiger charge is -2.29. The molecule has 0 saturated heterocycles. The molecule has 0 aromatic carbocycles. The number of hydrogen-bond acceptors (Lipinski definition) is 1. The zero-order valence-electron chi connectivity index (χ0n) is 8.48. The zero-order valence-corrected chi connectivity index (χ0v) is 8.48. The van der Waals surface area contributed by atoms with Gasteiger partial charge in [0, 0.05) is 0 Å². The summed E-state index contributed by atoms with van der Waals surface area (Å²) in [6.07, 6.45) is 3.25. The second-order valence-corrected chi connectivity index (χ2v) is 3.82. The number of ether oxygens (including phenoxy) is 1. The Bertz CT molecular complexity index is 174. The van der Waals surface area contributed by atoms with Crippen molar-refractivity contribution in [3.8, 4) is 0 Å². The molecule has 1 aliphatic rings. The van der Waals surface area contributed by atoms with E-state index in [9.17, 15) is 8.78 Å². The summed E-state index contributed by atoms with van der Waals surface area (Å²) in [6, 6.07) is 0. The second-order valence-electron chi connectivity index (χ2n) is 3.82. The summed E-state index contributed by atoms with van der Waals surface area (Å²) < 4.78 is 31.4. The van der Waals surface area contributed by atoms with Gasteiger partial charge < -0.3 is 4.74 Å². The molecule has 0 aromatic heterocycles. The Labute approximate surface area is 84.1 Å². The number of alkyl halides is 2. The fraction of sp³-hybridized carbons (Fsp3) is 0.818. The normalized spacial score (nSPS) is 19.6. The molecule has 82 valence electrons. The standard InChI is InChI=1S/C11H18F2O/c1-2-3-9-14-11(12,13)10-7-5-4-6-8-10/h2,10H,1,3-9H2. The predicted octanol–water partition coefficient (Wildman–Crippen LogP) is 3.75. The number of rotatable bonds is 5. The SMILES string of the molecule is C=CCCOC(F)(F)C1CCCCC1. The van der Waals surface area contributed by atoms with Crippen molar-refractivity contribution in [2.24, 2.45) is 5.92 Å². The van der Waals surface area contributed by atoms with Crippen LogP contribution in [0.5, 0.6) is 0 Å². The highest BCUT2D eigenvalue weighted by Gasteiger charge is 2.40. The van der Waals surface area contributed by atoms with Gasteiger partial charge in [0.05, 0.1) is 12.5 Å². The monoisotopic (exact) mass is 204 g/mol. The maximum Gasteiger partial charge on any atom is 0.358 e. The first-order valence-corrected chi connectivity index (χ1v) is 5.29. The Balaban J connectivity index is 2.33. The molecule has 1 fully saturated rings. The molecule has 0 spiro atoms. The molecule has 0 heterocycles. The van der Waals surface area contributed by atoms with Gasteiger partial charge in [0.2, 0.25) is 0 Å². The molecule has 0 amide bonds. The lowest BCUT2D eigenvalue weighted by atomic mass is 9.88. The van der Waals surface area contributed by atoms with Crippen LogP contribution in [0.25, 0.3) is 0 Å². The highest BCUT2D eigenvalue weighted by Crippen LogP contribution is 2.37. The van der Waals surface area contributed by atoms with E-state index in [2.05, 4.69) is 11.3 Å². The van der Waals surface area contributed by atoms with E-state index in [1.54, 1.807) is 6.08 Å². The average molecular weight is 204 g/mol. The summed E-state index contributed by atoms with van der Waals surface area (Å²) in [5.41, 5.74) is 0. The molecule has 1 aliphatic carbocycles. The molecule has 0 unspecified atom stereocenters. The van der Waals surface area contributed by atoms with Gasteiger partial charge >= 0.3 is 6.11 Å². The first-order valence-electron chi connectivity index (χ1n) is 5.29. The Morgan fingerprint density at radius 3 is 2.50 bits per heavy atom. The maximum absolute atomic E-state index is 13.4. The van der Waals surface area contributed by atoms with E-state index in [0.717, 1.165) is 19.3 Å². The number of hydrogen-bond donors (Lipinski definition) is 0. The van der Waals surface area contributed by atoms with E-state index < -0.39 is 12.0 Å². The van der Waals surface area contributed by atoms with Crippen LogP contribution in [-0.4, -0.2) is 12.7 Å². The molecule has 0 radical (unpaired) electrons. The van der Waals surface area contributed by atoms with Gasteiger partial charge in [0.15, 0.2) is 0 Å². The van der Waals surface area contributed by atoms with Crippen molar-refractivity contribution in [3.05, 3.63) is 12.7 Å². The van der Waals surface area contributed by atoms with Crippen LogP contribution in [0.15, 0.2) is 12.7 Å². The number of halogens is 2. The third kappa shape index (κ3) is 3.37. The van der Waals surface area contributed by atoms with E-state index in [-0.39, 0.29) is 6.61 Å². The molecule has 1 nitrogen and oxygen atoms in total. The topological polar surface area (TPSA) is 9.23 Å². The minimum absolute atomic E-state index is 0.0764. The highest BCUT2D eigenvalue weighted by atomic mass is 19.3. The van der Waals surface area contributed by atoms with E-state index in [1.165, 1.54) is 0 Å². The predicted molar refractivity (Wildman–Crippen MR) is 52.3 cm³/mol. The van der Waals surface area contributed by atoms with Gasteiger partial charge in [0.25, 0.3) is 0 Å². The summed E-state index contributed by atoms with van der Waals surface area (Å²) in [6.45, 7) is 3.54. The van der Waals surface area contributed by atoms with Gasteiger partial charge in [0.1, 0.15) is 0 Å². The minimum atomic E-state index is -2.93. The molecule has 0 bridgehead atoms. The third-order valence-corrected chi connectivity index (χ3v) is 2.70. The van der Waals surface area contributed by atoms with Crippen LogP contribution in [-0.2, 0) is 4.74 Å². The van der Waals surface area contributed by atoms with E-state index in [4.69, 9.17) is 0 Å². The van der Waals surface area contributed by atoms with Crippen LogP contribution in [0.3, 0.4) is 0 Å². The van der Waals surface area contributed by atoms with E-state index >= 15 is 0 Å². The van der Waals surface area contributed by atoms with E-state index in [0.29, 0.717) is 19.3 Å². The molecule has 1 saturated carbocycles. The van der Waals surface area contributed by atoms with Crippen molar-refractivity contribution < 1.29 is 13.5 Å². The molecule has 14 heavy (non-hydrogen) atoms. The summed E-state index contributed by atoms with van der Waals surface area (Å²) in [4.78, 5) is 0. The third-order valence-electron chi connectivity index (χ3n) is 2.70. The smallest absolute Gasteiger partial charge is 0.320 e. The van der Waals surface area contributed by atoms with Crippen LogP contribution in [0, 0.1) is 5.92 Å². The maximum atomic E-state index is 13.4. The molecular weight excluding hydrogens is 186 g/mol. The summed E-state index contributed by atoms with van der Waals surface area (Å²) in [7, 11) is 0. The fourth-order valence-corrected chi connectivity index (χ4v) is 1.83. The van der Waals surface area contributed by atoms with Crippen molar-refractivity contribution in [2.45, 2.75) is 44.6 Å². The molecule has 3 heteroatoms. The van der Waals surface area contributed by atoms with Gasteiger partial charge in [-0.15, -0.1) is 6.58 Å². The highest BCUT2D eigenvalue weighted by molar-refractivity contribution is 4.74. The summed E-state index contributed by atoms with van der Waals surface area (Å²) in [5, 5.41) is 0. The fourth-order valence-electron chi connectivity index (χ4n) is 1.83. The molecule has 0 aliphatic heterocycles. The van der Waals surface area contributed by atoms with Crippen molar-refractivity contribution >= 4 is 0 Å². The van der Waals surface area contributed by atoms with Gasteiger partial charge in [-0.05, 0) is 19.3 Å². The van der Waals surface area contributed by atoms with Crippen LogP contribution in [0.4, 0.5) is 8.78 Å². The van der Waals surface area contributed by atoms with Gasteiger partial charge in [-0.2, -0.15) is 8.78 Å². The van der Waals surface area contributed by atoms with Crippen molar-refractivity contribution in [1.29, 1.82) is 0 Å². The molecule has 0 aromatic rings. The van der Waals surface area contributed by atoms with Crippen LogP contribution in [0.2, 0.25) is 0 Å². The van der Waals surface area contributed by atoms with Crippen LogP contribution < -0.4 is 0 Å². The molecule has 1 rings (SSSR count). The first-order chi connectivity index (χ1) is 6.67. The summed E-state index contributed by atoms with van der Waals surface area (Å²) >= 11 is 0. The zero-order chi connectivity index (χ0) is 10.4. The summed E-state index contributed by atoms with van der Waals surface area (Å²) in [5.74, 6) is -0.568. The largest absolute Gasteiger partial charge is 0.358 e. The van der Waals surface area contributed by atoms with Gasteiger partial charge in [-0.1, -0.05) is 25.3 Å². The second kappa shape index (κ2) is 5.44. The quantitative estimate of drug-likeness (QED) is 0.489. The van der Waals surface area contributed by atoms with Gasteiger partial charge in [-0.3, -0.25) is 0 Å². The minimum Gasteiger partial charge on any atom is -0.320 e. The lowest BCUT2D eigenvalue weighted by Crippen LogP contribution is -2.33. The van der Waals surface area contributed by atoms with Gasteiger partial charge in [-0.25, -0.2) is 0 Å². The van der Waals surface area contributed by atoms with Crippen molar-refractivity contribution in [3.63, 3.8) is 0 Å². The Morgan fingerprint density at radius 2 is 1.93 bits per heavy atom. The Morgan fingerprint density at radius 1 is 1.29 bits per heavy atom. The molecule has 0 N–H and O–H groups in total. The average Bonchev–Trinajstić information content (AvgIpc) is 2.19. The van der Waals surface area contributed by atoms with Crippen molar-refractivity contribution in [2.75, 3.05) is 6.61 Å². The Kier molecular flexibility index (Phi) is 4.52. The Hall–Kier alpha value is -0.440. The molecule has 0 atom stereocenters. The molecular formula is C11H18F2O. The van der Waals surface area contributed by atoms with Crippen LogP contribution in [0.1, 0.15) is 38.5 Å².